The van der Waals surface area contributed by atoms with Crippen LogP contribution in [0.15, 0.2) is 24.3 Å². The third-order valence-electron chi connectivity index (χ3n) is 3.82. The van der Waals surface area contributed by atoms with Gasteiger partial charge in [0.2, 0.25) is 0 Å². The lowest BCUT2D eigenvalue weighted by Gasteiger charge is -2.44. The number of aliphatic hydroxyl groups is 1. The van der Waals surface area contributed by atoms with Crippen LogP contribution in [-0.2, 0) is 0 Å². The number of benzene rings is 1. The molecule has 0 radical (unpaired) electrons. The Morgan fingerprint density at radius 3 is 2.72 bits per heavy atom. The van der Waals surface area contributed by atoms with Crippen LogP contribution in [0.2, 0.25) is 0 Å². The molecule has 0 spiro atoms. The molecule has 2 atom stereocenters. The highest BCUT2D eigenvalue weighted by molar-refractivity contribution is 5.59. The third-order valence-corrected chi connectivity index (χ3v) is 3.82. The zero-order valence-electron chi connectivity index (χ0n) is 11.3. The van der Waals surface area contributed by atoms with Crippen molar-refractivity contribution in [1.29, 1.82) is 0 Å². The average Bonchev–Trinajstić information content (AvgIpc) is 2.41. The van der Waals surface area contributed by atoms with Crippen LogP contribution in [0.3, 0.4) is 0 Å². The Labute approximate surface area is 109 Å². The number of hydrogen-bond donors (Lipinski definition) is 1. The number of hydrogen-bond acceptors (Lipinski definition) is 4. The summed E-state index contributed by atoms with van der Waals surface area (Å²) in [6.07, 6.45) is 0. The summed E-state index contributed by atoms with van der Waals surface area (Å²) in [4.78, 5) is 4.54. The zero-order chi connectivity index (χ0) is 13.1. The van der Waals surface area contributed by atoms with E-state index in [0.29, 0.717) is 6.04 Å². The van der Waals surface area contributed by atoms with Crippen molar-refractivity contribution >= 4 is 5.69 Å². The van der Waals surface area contributed by atoms with Crippen LogP contribution in [0.5, 0.6) is 5.75 Å². The molecule has 1 aliphatic heterocycles. The fourth-order valence-electron chi connectivity index (χ4n) is 2.54. The van der Waals surface area contributed by atoms with E-state index in [-0.39, 0.29) is 12.6 Å². The first-order valence-electron chi connectivity index (χ1n) is 6.38. The predicted molar refractivity (Wildman–Crippen MR) is 73.3 cm³/mol. The van der Waals surface area contributed by atoms with E-state index in [1.54, 1.807) is 7.11 Å². The van der Waals surface area contributed by atoms with Crippen molar-refractivity contribution in [2.24, 2.45) is 0 Å². The molecule has 1 fully saturated rings. The molecule has 1 aromatic carbocycles. The molecule has 0 aliphatic carbocycles. The van der Waals surface area contributed by atoms with E-state index in [0.717, 1.165) is 24.5 Å². The van der Waals surface area contributed by atoms with Gasteiger partial charge >= 0.3 is 0 Å². The smallest absolute Gasteiger partial charge is 0.142 e. The van der Waals surface area contributed by atoms with Gasteiger partial charge in [0.25, 0.3) is 0 Å². The SMILES string of the molecule is COc1ccccc1N1CC(C)N(C)C(CO)C1. The highest BCUT2D eigenvalue weighted by Gasteiger charge is 2.29. The predicted octanol–water partition coefficient (Wildman–Crippen LogP) is 1.20. The average molecular weight is 250 g/mol. The summed E-state index contributed by atoms with van der Waals surface area (Å²) in [6, 6.07) is 8.65. The fourth-order valence-corrected chi connectivity index (χ4v) is 2.54. The lowest BCUT2D eigenvalue weighted by molar-refractivity contribution is 0.0994. The van der Waals surface area contributed by atoms with Gasteiger partial charge in [-0.05, 0) is 26.1 Å². The third kappa shape index (κ3) is 2.44. The summed E-state index contributed by atoms with van der Waals surface area (Å²) in [7, 11) is 3.77. The second-order valence-corrected chi connectivity index (χ2v) is 4.93. The first-order valence-corrected chi connectivity index (χ1v) is 6.38. The first-order chi connectivity index (χ1) is 8.67. The number of piperazine rings is 1. The molecule has 0 bridgehead atoms. The summed E-state index contributed by atoms with van der Waals surface area (Å²) in [5.74, 6) is 0.894. The molecule has 4 heteroatoms. The number of likely N-dealkylation sites (N-methyl/N-ethyl adjacent to an activating group) is 1. The van der Waals surface area contributed by atoms with E-state index in [9.17, 15) is 5.11 Å². The minimum Gasteiger partial charge on any atom is -0.495 e. The lowest BCUT2D eigenvalue weighted by atomic mass is 10.1. The molecule has 0 amide bonds. The first kappa shape index (κ1) is 13.2. The normalized spacial score (nSPS) is 25.2. The van der Waals surface area contributed by atoms with Crippen LogP contribution >= 0.6 is 0 Å². The van der Waals surface area contributed by atoms with Crippen LogP contribution in [-0.4, -0.2) is 55.9 Å². The topological polar surface area (TPSA) is 35.9 Å². The number of ether oxygens (including phenoxy) is 1. The van der Waals surface area contributed by atoms with E-state index in [4.69, 9.17) is 4.74 Å². The molecule has 100 valence electrons. The summed E-state index contributed by atoms with van der Waals surface area (Å²) in [5.41, 5.74) is 1.11. The molecule has 4 nitrogen and oxygen atoms in total. The van der Waals surface area contributed by atoms with E-state index in [2.05, 4.69) is 29.8 Å². The molecule has 1 N–H and O–H groups in total. The maximum atomic E-state index is 9.47. The minimum absolute atomic E-state index is 0.179. The number of anilines is 1. The molecular weight excluding hydrogens is 228 g/mol. The number of aliphatic hydroxyl groups excluding tert-OH is 1. The van der Waals surface area contributed by atoms with Gasteiger partial charge in [-0.3, -0.25) is 4.90 Å². The Bertz CT molecular complexity index is 397. The molecule has 1 aliphatic rings. The maximum absolute atomic E-state index is 9.47. The van der Waals surface area contributed by atoms with Gasteiger partial charge in [0.15, 0.2) is 0 Å². The van der Waals surface area contributed by atoms with Gasteiger partial charge in [0.05, 0.1) is 25.4 Å². The van der Waals surface area contributed by atoms with Crippen LogP contribution < -0.4 is 9.64 Å². The van der Waals surface area contributed by atoms with Gasteiger partial charge in [-0.15, -0.1) is 0 Å². The van der Waals surface area contributed by atoms with Gasteiger partial charge in [-0.1, -0.05) is 12.1 Å². The maximum Gasteiger partial charge on any atom is 0.142 e. The Kier molecular flexibility index (Phi) is 4.09. The highest BCUT2D eigenvalue weighted by Crippen LogP contribution is 2.30. The van der Waals surface area contributed by atoms with Crippen molar-refractivity contribution in [2.75, 3.05) is 38.8 Å². The highest BCUT2D eigenvalue weighted by atomic mass is 16.5. The molecule has 0 saturated carbocycles. The Morgan fingerprint density at radius 2 is 2.06 bits per heavy atom. The lowest BCUT2D eigenvalue weighted by Crippen LogP contribution is -2.57. The van der Waals surface area contributed by atoms with Gasteiger partial charge in [-0.25, -0.2) is 0 Å². The molecule has 1 heterocycles. The summed E-state index contributed by atoms with van der Waals surface area (Å²) in [6.45, 7) is 4.15. The van der Waals surface area contributed by atoms with Crippen molar-refractivity contribution in [3.05, 3.63) is 24.3 Å². The largest absolute Gasteiger partial charge is 0.495 e. The molecule has 2 rings (SSSR count). The number of para-hydroxylation sites is 2. The van der Waals surface area contributed by atoms with Gasteiger partial charge in [0.1, 0.15) is 5.75 Å². The van der Waals surface area contributed by atoms with Crippen molar-refractivity contribution < 1.29 is 9.84 Å². The van der Waals surface area contributed by atoms with Crippen LogP contribution in [0, 0.1) is 0 Å². The van der Waals surface area contributed by atoms with E-state index >= 15 is 0 Å². The molecule has 1 saturated heterocycles. The number of methoxy groups -OCH3 is 1. The summed E-state index contributed by atoms with van der Waals surface area (Å²) < 4.78 is 5.41. The monoisotopic (exact) mass is 250 g/mol. The fraction of sp³-hybridized carbons (Fsp3) is 0.571. The van der Waals surface area contributed by atoms with E-state index in [1.165, 1.54) is 0 Å². The Hall–Kier alpha value is -1.26. The van der Waals surface area contributed by atoms with Crippen molar-refractivity contribution in [3.63, 3.8) is 0 Å². The Balaban J connectivity index is 2.23. The second-order valence-electron chi connectivity index (χ2n) is 4.93. The Morgan fingerprint density at radius 1 is 1.33 bits per heavy atom. The molecule has 18 heavy (non-hydrogen) atoms. The minimum atomic E-state index is 0.179. The number of nitrogens with zero attached hydrogens (tertiary/aromatic N) is 2. The number of rotatable bonds is 3. The van der Waals surface area contributed by atoms with Gasteiger partial charge in [-0.2, -0.15) is 0 Å². The molecule has 1 aromatic rings. The quantitative estimate of drug-likeness (QED) is 0.874. The summed E-state index contributed by atoms with van der Waals surface area (Å²) in [5, 5.41) is 9.47. The zero-order valence-corrected chi connectivity index (χ0v) is 11.3. The van der Waals surface area contributed by atoms with Crippen LogP contribution in [0.1, 0.15) is 6.92 Å². The molecule has 0 aromatic heterocycles. The van der Waals surface area contributed by atoms with Crippen LogP contribution in [0.25, 0.3) is 0 Å². The van der Waals surface area contributed by atoms with Crippen LogP contribution in [0.4, 0.5) is 5.69 Å². The van der Waals surface area contributed by atoms with Crippen molar-refractivity contribution in [3.8, 4) is 5.75 Å². The summed E-state index contributed by atoms with van der Waals surface area (Å²) >= 11 is 0. The second kappa shape index (κ2) is 5.59. The van der Waals surface area contributed by atoms with Crippen molar-refractivity contribution in [1.82, 2.24) is 4.90 Å². The standard InChI is InChI=1S/C14H22N2O2/c1-11-8-16(9-12(10-17)15(11)2)13-6-4-5-7-14(13)18-3/h4-7,11-12,17H,8-10H2,1-3H3. The van der Waals surface area contributed by atoms with E-state index in [1.807, 2.05) is 18.2 Å². The molecule has 2 unspecified atom stereocenters. The van der Waals surface area contributed by atoms with Crippen molar-refractivity contribution in [2.45, 2.75) is 19.0 Å². The molecular formula is C14H22N2O2. The van der Waals surface area contributed by atoms with E-state index < -0.39 is 0 Å². The van der Waals surface area contributed by atoms with Gasteiger partial charge in [0, 0.05) is 19.1 Å². The van der Waals surface area contributed by atoms with Gasteiger partial charge < -0.3 is 14.7 Å².